The topological polar surface area (TPSA) is 55.6 Å². The molecular formula is C25H35Cl2N5O. The molecule has 3 saturated heterocycles. The maximum absolute atomic E-state index is 9.46. The van der Waals surface area contributed by atoms with Crippen LogP contribution in [0.25, 0.3) is 10.9 Å². The predicted molar refractivity (Wildman–Crippen MR) is 138 cm³/mol. The number of likely N-dealkylation sites (tertiary alicyclic amines) is 2. The molecule has 0 N–H and O–H groups in total. The van der Waals surface area contributed by atoms with Crippen LogP contribution in [-0.2, 0) is 4.74 Å². The van der Waals surface area contributed by atoms with Gasteiger partial charge in [0.25, 0.3) is 0 Å². The average molecular weight is 492 g/mol. The van der Waals surface area contributed by atoms with Crippen LogP contribution in [0.4, 0.5) is 5.69 Å². The first-order chi connectivity index (χ1) is 15.2. The summed E-state index contributed by atoms with van der Waals surface area (Å²) >= 11 is 0. The summed E-state index contributed by atoms with van der Waals surface area (Å²) in [4.78, 5) is 12.2. The summed E-state index contributed by atoms with van der Waals surface area (Å²) in [6.45, 7) is 9.83. The van der Waals surface area contributed by atoms with Crippen LogP contribution in [0.3, 0.4) is 0 Å². The molecule has 1 aromatic carbocycles. The summed E-state index contributed by atoms with van der Waals surface area (Å²) in [5.74, 6) is 0. The molecule has 0 aliphatic carbocycles. The number of nitriles is 1. The van der Waals surface area contributed by atoms with Crippen LogP contribution in [0, 0.1) is 11.3 Å². The third kappa shape index (κ3) is 5.72. The second-order valence-electron chi connectivity index (χ2n) is 9.42. The van der Waals surface area contributed by atoms with E-state index in [4.69, 9.17) is 4.74 Å². The molecule has 5 rings (SSSR count). The highest BCUT2D eigenvalue weighted by Crippen LogP contribution is 2.30. The van der Waals surface area contributed by atoms with Gasteiger partial charge in [-0.2, -0.15) is 5.26 Å². The molecule has 2 aromatic rings. The number of hydrogen-bond donors (Lipinski definition) is 0. The number of rotatable bonds is 4. The number of ether oxygens (including phenoxy) is 1. The van der Waals surface area contributed by atoms with Gasteiger partial charge >= 0.3 is 0 Å². The van der Waals surface area contributed by atoms with Gasteiger partial charge < -0.3 is 9.64 Å². The molecule has 1 unspecified atom stereocenters. The van der Waals surface area contributed by atoms with Crippen molar-refractivity contribution in [2.24, 2.45) is 0 Å². The van der Waals surface area contributed by atoms with Crippen molar-refractivity contribution in [3.63, 3.8) is 0 Å². The lowest BCUT2D eigenvalue weighted by Gasteiger charge is -2.40. The van der Waals surface area contributed by atoms with Gasteiger partial charge in [0.05, 0.1) is 23.3 Å². The summed E-state index contributed by atoms with van der Waals surface area (Å²) in [5.41, 5.74) is 2.59. The van der Waals surface area contributed by atoms with Gasteiger partial charge in [-0.05, 0) is 70.1 Å². The van der Waals surface area contributed by atoms with Crippen molar-refractivity contribution in [2.45, 2.75) is 50.9 Å². The van der Waals surface area contributed by atoms with Crippen LogP contribution >= 0.6 is 24.8 Å². The van der Waals surface area contributed by atoms with Crippen molar-refractivity contribution >= 4 is 41.4 Å². The SMILES string of the molecule is C[C@@H]1CN(c2ccc(C#N)c3ncccc23)C[C@H](CN2CCC(N3CCCCC3)C2)O1.Cl.Cl. The van der Waals surface area contributed by atoms with Gasteiger partial charge in [-0.1, -0.05) is 6.42 Å². The van der Waals surface area contributed by atoms with E-state index in [0.29, 0.717) is 5.56 Å². The first-order valence-electron chi connectivity index (χ1n) is 11.9. The highest BCUT2D eigenvalue weighted by Gasteiger charge is 2.33. The molecule has 3 atom stereocenters. The van der Waals surface area contributed by atoms with Crippen LogP contribution in [0.2, 0.25) is 0 Å². The van der Waals surface area contributed by atoms with Crippen LogP contribution < -0.4 is 4.90 Å². The first-order valence-corrected chi connectivity index (χ1v) is 11.9. The summed E-state index contributed by atoms with van der Waals surface area (Å²) in [7, 11) is 0. The summed E-state index contributed by atoms with van der Waals surface area (Å²) in [6.07, 6.45) is 7.56. The van der Waals surface area contributed by atoms with E-state index in [0.717, 1.165) is 42.3 Å². The molecular weight excluding hydrogens is 457 g/mol. The van der Waals surface area contributed by atoms with Gasteiger partial charge in [0.1, 0.15) is 6.07 Å². The molecule has 3 aliphatic heterocycles. The quantitative estimate of drug-likeness (QED) is 0.641. The monoisotopic (exact) mass is 491 g/mol. The van der Waals surface area contributed by atoms with Gasteiger partial charge in [0, 0.05) is 49.5 Å². The van der Waals surface area contributed by atoms with E-state index in [2.05, 4.69) is 44.8 Å². The van der Waals surface area contributed by atoms with E-state index in [1.807, 2.05) is 12.1 Å². The molecule has 0 radical (unpaired) electrons. The normalized spacial score (nSPS) is 26.4. The summed E-state index contributed by atoms with van der Waals surface area (Å²) < 4.78 is 6.37. The summed E-state index contributed by atoms with van der Waals surface area (Å²) in [6, 6.07) is 11.0. The molecule has 4 heterocycles. The predicted octanol–water partition coefficient (Wildman–Crippen LogP) is 4.10. The average Bonchev–Trinajstić information content (AvgIpc) is 3.27. The molecule has 33 heavy (non-hydrogen) atoms. The lowest BCUT2D eigenvalue weighted by molar-refractivity contribution is -0.0301. The Hall–Kier alpha value is -1.62. The fraction of sp³-hybridized carbons (Fsp3) is 0.600. The van der Waals surface area contributed by atoms with E-state index in [-0.39, 0.29) is 37.0 Å². The van der Waals surface area contributed by atoms with Crippen molar-refractivity contribution in [1.82, 2.24) is 14.8 Å². The molecule has 3 aliphatic rings. The third-order valence-corrected chi connectivity index (χ3v) is 7.15. The van der Waals surface area contributed by atoms with Gasteiger partial charge in [-0.25, -0.2) is 0 Å². The number of piperidine rings is 1. The Morgan fingerprint density at radius 1 is 1.06 bits per heavy atom. The number of benzene rings is 1. The van der Waals surface area contributed by atoms with Crippen molar-refractivity contribution < 1.29 is 4.74 Å². The van der Waals surface area contributed by atoms with E-state index in [1.54, 1.807) is 6.20 Å². The van der Waals surface area contributed by atoms with Gasteiger partial charge in [0.2, 0.25) is 0 Å². The lowest BCUT2D eigenvalue weighted by atomic mass is 10.1. The second-order valence-corrected chi connectivity index (χ2v) is 9.42. The molecule has 180 valence electrons. The Labute approximate surface area is 209 Å². The number of fused-ring (bicyclic) bond motifs is 1. The second kappa shape index (κ2) is 11.7. The highest BCUT2D eigenvalue weighted by molar-refractivity contribution is 5.95. The minimum absolute atomic E-state index is 0. The molecule has 3 fully saturated rings. The minimum Gasteiger partial charge on any atom is -0.370 e. The number of anilines is 1. The zero-order valence-electron chi connectivity index (χ0n) is 19.4. The maximum atomic E-state index is 9.46. The highest BCUT2D eigenvalue weighted by atomic mass is 35.5. The molecule has 0 spiro atoms. The third-order valence-electron chi connectivity index (χ3n) is 7.15. The fourth-order valence-corrected chi connectivity index (χ4v) is 5.71. The van der Waals surface area contributed by atoms with Gasteiger partial charge in [-0.3, -0.25) is 14.8 Å². The van der Waals surface area contributed by atoms with Crippen molar-refractivity contribution in [1.29, 1.82) is 5.26 Å². The van der Waals surface area contributed by atoms with Gasteiger partial charge in [0.15, 0.2) is 0 Å². The van der Waals surface area contributed by atoms with E-state index in [1.165, 1.54) is 51.9 Å². The molecule has 8 heteroatoms. The minimum atomic E-state index is 0. The van der Waals surface area contributed by atoms with Crippen LogP contribution in [-0.4, -0.2) is 78.8 Å². The molecule has 0 saturated carbocycles. The van der Waals surface area contributed by atoms with E-state index < -0.39 is 0 Å². The van der Waals surface area contributed by atoms with Crippen molar-refractivity contribution in [3.8, 4) is 6.07 Å². The Morgan fingerprint density at radius 3 is 2.67 bits per heavy atom. The van der Waals surface area contributed by atoms with Crippen molar-refractivity contribution in [3.05, 3.63) is 36.0 Å². The molecule has 1 aromatic heterocycles. The molecule has 0 amide bonds. The molecule has 0 bridgehead atoms. The van der Waals surface area contributed by atoms with Crippen LogP contribution in [0.1, 0.15) is 38.2 Å². The summed E-state index contributed by atoms with van der Waals surface area (Å²) in [5, 5.41) is 10.5. The number of nitrogens with zero attached hydrogens (tertiary/aromatic N) is 5. The Morgan fingerprint density at radius 2 is 1.88 bits per heavy atom. The largest absolute Gasteiger partial charge is 0.370 e. The zero-order valence-corrected chi connectivity index (χ0v) is 21.0. The van der Waals surface area contributed by atoms with Crippen molar-refractivity contribution in [2.75, 3.05) is 50.7 Å². The Kier molecular flexibility index (Phi) is 9.20. The van der Waals surface area contributed by atoms with Gasteiger partial charge in [-0.15, -0.1) is 24.8 Å². The first kappa shape index (κ1) is 26.0. The Bertz CT molecular complexity index is 961. The number of morpholine rings is 1. The molecule has 6 nitrogen and oxygen atoms in total. The number of halogens is 2. The van der Waals surface area contributed by atoms with E-state index >= 15 is 0 Å². The fourth-order valence-electron chi connectivity index (χ4n) is 5.71. The van der Waals surface area contributed by atoms with E-state index in [9.17, 15) is 5.26 Å². The number of pyridine rings is 1. The zero-order chi connectivity index (χ0) is 21.2. The number of aromatic nitrogens is 1. The van der Waals surface area contributed by atoms with Crippen LogP contribution in [0.15, 0.2) is 30.5 Å². The number of hydrogen-bond acceptors (Lipinski definition) is 6. The standard InChI is InChI=1S/C25H33N5O.2ClH/c1-19-15-30(24-8-7-20(14-26)25-23(24)6-5-10-27-25)18-22(31-19)17-28-13-9-21(16-28)29-11-3-2-4-12-29;;/h5-8,10,19,21-22H,2-4,9,11-13,15-18H2,1H3;2*1H/t19-,21?,22+;;/m1../s1. The Balaban J connectivity index is 0.00000153. The van der Waals surface area contributed by atoms with Crippen LogP contribution in [0.5, 0.6) is 0 Å². The maximum Gasteiger partial charge on any atom is 0.101 e. The lowest BCUT2D eigenvalue weighted by Crippen LogP contribution is -2.51. The smallest absolute Gasteiger partial charge is 0.101 e.